The molecule has 0 atom stereocenters. The van der Waals surface area contributed by atoms with Crippen LogP contribution in [-0.4, -0.2) is 11.9 Å². The van der Waals surface area contributed by atoms with Crippen molar-refractivity contribution in [1.29, 1.82) is 0 Å². The average Bonchev–Trinajstić information content (AvgIpc) is 1.89. The molecule has 13 heavy (non-hydrogen) atoms. The number of hydrogen-bond donors (Lipinski definition) is 0. The Hall–Kier alpha value is 0.234. The zero-order valence-corrected chi connectivity index (χ0v) is 10.4. The maximum absolute atomic E-state index is 9.26. The molecule has 7 heteroatoms. The van der Waals surface area contributed by atoms with E-state index in [1.54, 1.807) is 0 Å². The van der Waals surface area contributed by atoms with Crippen molar-refractivity contribution >= 4 is 11.9 Å². The van der Waals surface area contributed by atoms with Crippen molar-refractivity contribution < 1.29 is 66.3 Å². The largest absolute Gasteiger partial charge is 4.00 e. The second kappa shape index (κ2) is 22.8. The molecule has 0 fully saturated rings. The van der Waals surface area contributed by atoms with E-state index in [4.69, 9.17) is 0 Å². The Bertz CT molecular complexity index is 107. The van der Waals surface area contributed by atoms with E-state index < -0.39 is 11.9 Å². The van der Waals surface area contributed by atoms with Gasteiger partial charge in [-0.05, 0) is 12.8 Å². The van der Waals surface area contributed by atoms with E-state index >= 15 is 0 Å². The van der Waals surface area contributed by atoms with E-state index in [1.807, 2.05) is 0 Å². The van der Waals surface area contributed by atoms with Crippen molar-refractivity contribution in [3.05, 3.63) is 0 Å². The molecule has 0 radical (unpaired) electrons. The first-order chi connectivity index (χ1) is 4.54. The van der Waals surface area contributed by atoms with E-state index in [9.17, 15) is 19.8 Å². The van der Waals surface area contributed by atoms with Gasteiger partial charge < -0.3 is 44.6 Å². The van der Waals surface area contributed by atoms with Gasteiger partial charge >= 0.3 is 21.7 Å². The fourth-order valence-electron chi connectivity index (χ4n) is 0. The van der Waals surface area contributed by atoms with E-state index in [-0.39, 0.29) is 59.4 Å². The summed E-state index contributed by atoms with van der Waals surface area (Å²) in [5.41, 5.74) is 0. The van der Waals surface area contributed by atoms with Crippen LogP contribution in [0.25, 0.3) is 0 Å². The average molecular weight is 265 g/mol. The minimum absolute atomic E-state index is 0. The van der Waals surface area contributed by atoms with Crippen molar-refractivity contribution in [2.24, 2.45) is 0 Å². The Morgan fingerprint density at radius 3 is 1.00 bits per heavy atom. The standard InChI is InChI=1S/2C3H6O2.2ClH.Ti/c2*1-2-3(4)5;;;/h2*2H2,1H3,(H,4,5);2*1H;/q;;;;+4/p-4. The predicted molar refractivity (Wildman–Crippen MR) is 30.6 cm³/mol. The van der Waals surface area contributed by atoms with Gasteiger partial charge in [-0.2, -0.15) is 0 Å². The molecule has 0 rings (SSSR count). The van der Waals surface area contributed by atoms with Crippen molar-refractivity contribution in [3.63, 3.8) is 0 Å². The molecule has 0 N–H and O–H groups in total. The number of carboxylic acids is 2. The van der Waals surface area contributed by atoms with Crippen LogP contribution in [0.15, 0.2) is 0 Å². The summed E-state index contributed by atoms with van der Waals surface area (Å²) in [6, 6.07) is 0. The predicted octanol–water partition coefficient (Wildman–Crippen LogP) is -7.70. The fraction of sp³-hybridized carbons (Fsp3) is 0.667. The van der Waals surface area contributed by atoms with Gasteiger partial charge in [-0.25, -0.2) is 0 Å². The SMILES string of the molecule is CCC(=O)[O-].CCC(=O)[O-].[Cl-].[Cl-].[Ti+4]. The van der Waals surface area contributed by atoms with Crippen LogP contribution >= 0.6 is 0 Å². The molecule has 0 aromatic rings. The van der Waals surface area contributed by atoms with Crippen molar-refractivity contribution in [3.8, 4) is 0 Å². The Balaban J connectivity index is -0.0000000267. The molecule has 0 unspecified atom stereocenters. The molecule has 0 aromatic heterocycles. The molecule has 0 saturated heterocycles. The zero-order chi connectivity index (χ0) is 8.57. The van der Waals surface area contributed by atoms with Gasteiger partial charge in [0.15, 0.2) is 0 Å². The second-order valence-corrected chi connectivity index (χ2v) is 1.45. The van der Waals surface area contributed by atoms with Gasteiger partial charge in [0, 0.05) is 11.9 Å². The first-order valence-corrected chi connectivity index (χ1v) is 2.94. The third-order valence-corrected chi connectivity index (χ3v) is 0.577. The molecular weight excluding hydrogens is 255 g/mol. The molecule has 0 aliphatic rings. The quantitative estimate of drug-likeness (QED) is 0.464. The molecule has 0 saturated carbocycles. The van der Waals surface area contributed by atoms with Gasteiger partial charge in [-0.1, -0.05) is 13.8 Å². The smallest absolute Gasteiger partial charge is 1.00 e. The maximum Gasteiger partial charge on any atom is 4.00 e. The number of hydrogen-bond acceptors (Lipinski definition) is 4. The van der Waals surface area contributed by atoms with Gasteiger partial charge in [0.2, 0.25) is 0 Å². The summed E-state index contributed by atoms with van der Waals surface area (Å²) < 4.78 is 0. The van der Waals surface area contributed by atoms with Crippen LogP contribution in [0.4, 0.5) is 0 Å². The molecule has 0 aromatic carbocycles. The van der Waals surface area contributed by atoms with E-state index in [2.05, 4.69) is 0 Å². The van der Waals surface area contributed by atoms with Crippen LogP contribution < -0.4 is 35.0 Å². The van der Waals surface area contributed by atoms with Crippen LogP contribution in [0.3, 0.4) is 0 Å². The number of carbonyl (C=O) groups is 2. The summed E-state index contributed by atoms with van der Waals surface area (Å²) in [6.07, 6.45) is 0.222. The van der Waals surface area contributed by atoms with Gasteiger partial charge in [0.25, 0.3) is 0 Å². The number of aliphatic carboxylic acids is 2. The topological polar surface area (TPSA) is 80.3 Å². The first kappa shape index (κ1) is 29.2. The summed E-state index contributed by atoms with van der Waals surface area (Å²) in [5.74, 6) is -1.99. The van der Waals surface area contributed by atoms with Crippen LogP contribution in [0.5, 0.6) is 0 Å². The molecule has 0 amide bonds. The Kier molecular flexibility index (Phi) is 51.2. The van der Waals surface area contributed by atoms with E-state index in [0.29, 0.717) is 0 Å². The van der Waals surface area contributed by atoms with E-state index in [0.717, 1.165) is 0 Å². The third kappa shape index (κ3) is 71.5. The van der Waals surface area contributed by atoms with Crippen molar-refractivity contribution in [2.45, 2.75) is 26.7 Å². The molecule has 4 nitrogen and oxygen atoms in total. The monoisotopic (exact) mass is 264 g/mol. The Morgan fingerprint density at radius 2 is 1.00 bits per heavy atom. The summed E-state index contributed by atoms with van der Waals surface area (Å²) in [4.78, 5) is 18.5. The van der Waals surface area contributed by atoms with Gasteiger partial charge in [-0.3, -0.25) is 0 Å². The number of carboxylic acid groups (broad SMARTS) is 2. The van der Waals surface area contributed by atoms with Gasteiger partial charge in [0.1, 0.15) is 0 Å². The normalized spacial score (nSPS) is 5.69. The molecule has 0 spiro atoms. The van der Waals surface area contributed by atoms with Gasteiger partial charge in [-0.15, -0.1) is 0 Å². The number of halogens is 2. The second-order valence-electron chi connectivity index (χ2n) is 1.45. The molecular formula is C6H10Cl2O4Ti. The van der Waals surface area contributed by atoms with Crippen LogP contribution in [0.2, 0.25) is 0 Å². The maximum atomic E-state index is 9.26. The minimum atomic E-state index is -0.995. The van der Waals surface area contributed by atoms with Crippen LogP contribution in [-0.2, 0) is 31.3 Å². The zero-order valence-electron chi connectivity index (χ0n) is 7.30. The van der Waals surface area contributed by atoms with E-state index in [1.165, 1.54) is 13.8 Å². The summed E-state index contributed by atoms with van der Waals surface area (Å²) in [5, 5.41) is 18.5. The Morgan fingerprint density at radius 1 is 0.923 bits per heavy atom. The molecule has 0 bridgehead atoms. The first-order valence-electron chi connectivity index (χ1n) is 2.94. The van der Waals surface area contributed by atoms with Crippen molar-refractivity contribution in [1.82, 2.24) is 0 Å². The molecule has 0 aliphatic carbocycles. The minimum Gasteiger partial charge on any atom is -1.00 e. The summed E-state index contributed by atoms with van der Waals surface area (Å²) in [7, 11) is 0. The van der Waals surface area contributed by atoms with Crippen LogP contribution in [0.1, 0.15) is 26.7 Å². The summed E-state index contributed by atoms with van der Waals surface area (Å²) >= 11 is 0. The van der Waals surface area contributed by atoms with Crippen molar-refractivity contribution in [2.75, 3.05) is 0 Å². The number of rotatable bonds is 2. The Labute approximate surface area is 105 Å². The third-order valence-electron chi connectivity index (χ3n) is 0.577. The van der Waals surface area contributed by atoms with Crippen LogP contribution in [0, 0.1) is 0 Å². The summed E-state index contributed by atoms with van der Waals surface area (Å²) in [6.45, 7) is 3.07. The fourth-order valence-corrected chi connectivity index (χ4v) is 0. The van der Waals surface area contributed by atoms with Gasteiger partial charge in [0.05, 0.1) is 0 Å². The molecule has 0 heterocycles. The molecule has 0 aliphatic heterocycles. The number of carbonyl (C=O) groups excluding carboxylic acids is 2. The molecule has 76 valence electrons.